The quantitative estimate of drug-likeness (QED) is 0.320. The molecule has 138 valence electrons. The van der Waals surface area contributed by atoms with E-state index in [0.717, 1.165) is 24.9 Å². The van der Waals surface area contributed by atoms with E-state index in [-0.39, 0.29) is 5.92 Å². The van der Waals surface area contributed by atoms with Crippen LogP contribution in [0, 0.1) is 5.92 Å². The highest BCUT2D eigenvalue weighted by atomic mass is 16.9. The molecule has 4 nitrogen and oxygen atoms in total. The van der Waals surface area contributed by atoms with Crippen LogP contribution in [0.5, 0.6) is 0 Å². The number of anilines is 1. The van der Waals surface area contributed by atoms with Crippen LogP contribution in [-0.2, 0) is 20.6 Å². The number of hydrogen-bond donors (Lipinski definition) is 1. The standard InChI is InChI=1S/C20H35NO3/c1-5-6-7-8-9-10-11-18(20(22-2,23-3)24-4)16-17-12-14-19(21)15-13-17/h12-15,18H,5-11,16,21H2,1-4H3. The van der Waals surface area contributed by atoms with E-state index in [2.05, 4.69) is 19.1 Å². The number of ether oxygens (including phenoxy) is 3. The lowest BCUT2D eigenvalue weighted by molar-refractivity contribution is -0.379. The fourth-order valence-electron chi connectivity index (χ4n) is 3.26. The minimum absolute atomic E-state index is 0.132. The van der Waals surface area contributed by atoms with Gasteiger partial charge < -0.3 is 19.9 Å². The molecule has 1 aromatic carbocycles. The normalized spacial score (nSPS) is 13.2. The van der Waals surface area contributed by atoms with Gasteiger partial charge in [-0.2, -0.15) is 0 Å². The van der Waals surface area contributed by atoms with Gasteiger partial charge in [0.05, 0.1) is 0 Å². The minimum atomic E-state index is -0.995. The topological polar surface area (TPSA) is 53.7 Å². The van der Waals surface area contributed by atoms with Gasteiger partial charge in [0.15, 0.2) is 0 Å². The molecule has 0 spiro atoms. The molecular formula is C20H35NO3. The van der Waals surface area contributed by atoms with E-state index >= 15 is 0 Å². The molecule has 1 unspecified atom stereocenters. The van der Waals surface area contributed by atoms with E-state index in [1.54, 1.807) is 21.3 Å². The Balaban J connectivity index is 2.69. The van der Waals surface area contributed by atoms with Gasteiger partial charge in [0.2, 0.25) is 0 Å². The first kappa shape index (κ1) is 20.9. The lowest BCUT2D eigenvalue weighted by Gasteiger charge is -2.36. The summed E-state index contributed by atoms with van der Waals surface area (Å²) in [5.74, 6) is -0.863. The number of methoxy groups -OCH3 is 3. The molecule has 0 amide bonds. The molecule has 24 heavy (non-hydrogen) atoms. The Kier molecular flexibility index (Phi) is 9.99. The second kappa shape index (κ2) is 11.5. The van der Waals surface area contributed by atoms with Crippen molar-refractivity contribution in [3.63, 3.8) is 0 Å². The molecule has 0 bridgehead atoms. The molecule has 0 aliphatic rings. The van der Waals surface area contributed by atoms with Crippen LogP contribution in [0.1, 0.15) is 57.4 Å². The Labute approximate surface area is 147 Å². The number of rotatable bonds is 13. The van der Waals surface area contributed by atoms with Gasteiger partial charge in [-0.25, -0.2) is 0 Å². The van der Waals surface area contributed by atoms with Gasteiger partial charge in [-0.05, 0) is 30.5 Å². The fourth-order valence-corrected chi connectivity index (χ4v) is 3.26. The smallest absolute Gasteiger partial charge is 0.285 e. The maximum atomic E-state index is 5.79. The van der Waals surface area contributed by atoms with Gasteiger partial charge in [0.25, 0.3) is 5.97 Å². The Morgan fingerprint density at radius 3 is 1.96 bits per heavy atom. The van der Waals surface area contributed by atoms with Crippen LogP contribution in [0.25, 0.3) is 0 Å². The van der Waals surface area contributed by atoms with Gasteiger partial charge in [0, 0.05) is 32.9 Å². The number of hydrogen-bond acceptors (Lipinski definition) is 4. The van der Waals surface area contributed by atoms with Crippen LogP contribution >= 0.6 is 0 Å². The molecule has 0 aliphatic heterocycles. The van der Waals surface area contributed by atoms with Crippen LogP contribution in [0.3, 0.4) is 0 Å². The summed E-state index contributed by atoms with van der Waals surface area (Å²) in [4.78, 5) is 0. The summed E-state index contributed by atoms with van der Waals surface area (Å²) < 4.78 is 16.9. The van der Waals surface area contributed by atoms with E-state index in [1.165, 1.54) is 37.7 Å². The zero-order valence-electron chi connectivity index (χ0n) is 15.8. The molecule has 0 aromatic heterocycles. The summed E-state index contributed by atoms with van der Waals surface area (Å²) in [6.45, 7) is 2.24. The Morgan fingerprint density at radius 1 is 0.875 bits per heavy atom. The van der Waals surface area contributed by atoms with Crippen molar-refractivity contribution < 1.29 is 14.2 Å². The second-order valence-electron chi connectivity index (χ2n) is 6.41. The van der Waals surface area contributed by atoms with Crippen molar-refractivity contribution in [1.29, 1.82) is 0 Å². The molecule has 0 aliphatic carbocycles. The van der Waals surface area contributed by atoms with Crippen molar-refractivity contribution in [1.82, 2.24) is 0 Å². The number of unbranched alkanes of at least 4 members (excludes halogenated alkanes) is 5. The Morgan fingerprint density at radius 2 is 1.42 bits per heavy atom. The number of nitrogens with two attached hydrogens (primary N) is 1. The minimum Gasteiger partial charge on any atom is -0.399 e. The third-order valence-corrected chi connectivity index (χ3v) is 4.72. The zero-order chi connectivity index (χ0) is 17.8. The van der Waals surface area contributed by atoms with E-state index < -0.39 is 5.97 Å². The molecular weight excluding hydrogens is 302 g/mol. The Bertz CT molecular complexity index is 421. The van der Waals surface area contributed by atoms with Gasteiger partial charge in [0.1, 0.15) is 0 Å². The average molecular weight is 338 g/mol. The fraction of sp³-hybridized carbons (Fsp3) is 0.700. The van der Waals surface area contributed by atoms with Crippen molar-refractivity contribution in [3.8, 4) is 0 Å². The SMILES string of the molecule is CCCCCCCCC(Cc1ccc(N)cc1)C(OC)(OC)OC. The first-order valence-electron chi connectivity index (χ1n) is 9.11. The summed E-state index contributed by atoms with van der Waals surface area (Å²) in [6.07, 6.45) is 9.46. The molecule has 0 radical (unpaired) electrons. The first-order valence-corrected chi connectivity index (χ1v) is 9.11. The molecule has 0 saturated heterocycles. The van der Waals surface area contributed by atoms with Crippen LogP contribution in [-0.4, -0.2) is 27.3 Å². The van der Waals surface area contributed by atoms with E-state index in [0.29, 0.717) is 0 Å². The van der Waals surface area contributed by atoms with Crippen LogP contribution in [0.15, 0.2) is 24.3 Å². The Hall–Kier alpha value is -1.10. The number of benzene rings is 1. The summed E-state index contributed by atoms with van der Waals surface area (Å²) in [5, 5.41) is 0. The first-order chi connectivity index (χ1) is 11.6. The third-order valence-electron chi connectivity index (χ3n) is 4.72. The molecule has 1 rings (SSSR count). The van der Waals surface area contributed by atoms with Crippen LogP contribution in [0.2, 0.25) is 0 Å². The molecule has 0 saturated carbocycles. The summed E-state index contributed by atoms with van der Waals surface area (Å²) >= 11 is 0. The van der Waals surface area contributed by atoms with Crippen molar-refractivity contribution in [2.75, 3.05) is 27.1 Å². The van der Waals surface area contributed by atoms with Crippen molar-refractivity contribution in [3.05, 3.63) is 29.8 Å². The van der Waals surface area contributed by atoms with E-state index in [4.69, 9.17) is 19.9 Å². The van der Waals surface area contributed by atoms with Crippen LogP contribution < -0.4 is 5.73 Å². The predicted molar refractivity (Wildman–Crippen MR) is 99.8 cm³/mol. The van der Waals surface area contributed by atoms with Crippen molar-refractivity contribution in [2.45, 2.75) is 64.3 Å². The highest BCUT2D eigenvalue weighted by molar-refractivity contribution is 5.39. The highest BCUT2D eigenvalue weighted by Crippen LogP contribution is 2.32. The van der Waals surface area contributed by atoms with Gasteiger partial charge in [-0.3, -0.25) is 0 Å². The monoisotopic (exact) mass is 337 g/mol. The maximum absolute atomic E-state index is 5.79. The summed E-state index contributed by atoms with van der Waals surface area (Å²) in [7, 11) is 4.93. The van der Waals surface area contributed by atoms with Gasteiger partial charge >= 0.3 is 0 Å². The zero-order valence-corrected chi connectivity index (χ0v) is 15.8. The lowest BCUT2D eigenvalue weighted by atomic mass is 9.91. The van der Waals surface area contributed by atoms with Crippen LogP contribution in [0.4, 0.5) is 5.69 Å². The van der Waals surface area contributed by atoms with E-state index in [1.807, 2.05) is 12.1 Å². The highest BCUT2D eigenvalue weighted by Gasteiger charge is 2.39. The molecule has 1 aromatic rings. The summed E-state index contributed by atoms with van der Waals surface area (Å²) in [6, 6.07) is 8.00. The van der Waals surface area contributed by atoms with E-state index in [9.17, 15) is 0 Å². The molecule has 0 heterocycles. The largest absolute Gasteiger partial charge is 0.399 e. The molecule has 4 heteroatoms. The van der Waals surface area contributed by atoms with Gasteiger partial charge in [-0.15, -0.1) is 0 Å². The average Bonchev–Trinajstić information content (AvgIpc) is 2.61. The molecule has 1 atom stereocenters. The molecule has 0 fully saturated rings. The van der Waals surface area contributed by atoms with Gasteiger partial charge in [-0.1, -0.05) is 57.6 Å². The third kappa shape index (κ3) is 6.42. The number of nitrogen functional groups attached to an aromatic ring is 1. The predicted octanol–water partition coefficient (Wildman–Crippen LogP) is 4.77. The van der Waals surface area contributed by atoms with Crippen molar-refractivity contribution in [2.24, 2.45) is 5.92 Å². The lowest BCUT2D eigenvalue weighted by Crippen LogP contribution is -2.45. The summed E-state index contributed by atoms with van der Waals surface area (Å²) in [5.41, 5.74) is 7.78. The molecule has 2 N–H and O–H groups in total. The second-order valence-corrected chi connectivity index (χ2v) is 6.41. The maximum Gasteiger partial charge on any atom is 0.285 e. The van der Waals surface area contributed by atoms with Crippen molar-refractivity contribution >= 4 is 5.69 Å².